The van der Waals surface area contributed by atoms with Crippen LogP contribution in [0.2, 0.25) is 0 Å². The lowest BCUT2D eigenvalue weighted by atomic mass is 10.2. The van der Waals surface area contributed by atoms with E-state index in [-0.39, 0.29) is 11.9 Å². The Hall–Kier alpha value is -2.01. The third-order valence-corrected chi connectivity index (χ3v) is 2.43. The number of aromatic hydroxyl groups is 1. The van der Waals surface area contributed by atoms with Crippen molar-refractivity contribution >= 4 is 12.0 Å². The third-order valence-electron chi connectivity index (χ3n) is 2.43. The molecule has 2 rings (SSSR count). The topological polar surface area (TPSA) is 68.3 Å². The molecule has 1 N–H and O–H groups in total. The van der Waals surface area contributed by atoms with Crippen LogP contribution in [0.5, 0.6) is 11.5 Å². The van der Waals surface area contributed by atoms with Crippen LogP contribution in [0.15, 0.2) is 24.3 Å². The molecule has 0 spiro atoms. The fraction of sp³-hybridized carbons (Fsp3) is 0.308. The molecule has 0 aliphatic carbocycles. The van der Waals surface area contributed by atoms with Gasteiger partial charge < -0.3 is 19.3 Å². The van der Waals surface area contributed by atoms with Crippen LogP contribution in [0.1, 0.15) is 5.56 Å². The van der Waals surface area contributed by atoms with Gasteiger partial charge in [-0.15, -0.1) is 0 Å². The molecule has 0 amide bonds. The van der Waals surface area contributed by atoms with Crippen molar-refractivity contribution in [1.82, 2.24) is 0 Å². The van der Waals surface area contributed by atoms with E-state index in [0.717, 1.165) is 5.56 Å². The smallest absolute Gasteiger partial charge is 0.330 e. The summed E-state index contributed by atoms with van der Waals surface area (Å²) in [4.78, 5) is 11.3. The molecule has 1 atom stereocenters. The zero-order chi connectivity index (χ0) is 13.0. The van der Waals surface area contributed by atoms with Crippen molar-refractivity contribution < 1.29 is 24.1 Å². The number of carbonyl (C=O) groups excluding carboxylic acids is 1. The van der Waals surface area contributed by atoms with Crippen LogP contribution in [0.3, 0.4) is 0 Å². The van der Waals surface area contributed by atoms with Crippen molar-refractivity contribution in [3.8, 4) is 11.5 Å². The summed E-state index contributed by atoms with van der Waals surface area (Å²) in [6, 6.07) is 4.80. The van der Waals surface area contributed by atoms with Gasteiger partial charge >= 0.3 is 5.97 Å². The molecular formula is C13H14O5. The van der Waals surface area contributed by atoms with Gasteiger partial charge in [-0.25, -0.2) is 4.79 Å². The lowest BCUT2D eigenvalue weighted by molar-refractivity contribution is -0.138. The normalized spacial score (nSPS) is 17.7. The van der Waals surface area contributed by atoms with E-state index in [4.69, 9.17) is 14.2 Å². The molecule has 0 bridgehead atoms. The zero-order valence-electron chi connectivity index (χ0n) is 9.96. The third kappa shape index (κ3) is 3.49. The predicted molar refractivity (Wildman–Crippen MR) is 64.4 cm³/mol. The highest BCUT2D eigenvalue weighted by Crippen LogP contribution is 2.26. The van der Waals surface area contributed by atoms with Gasteiger partial charge in [-0.2, -0.15) is 0 Å². The molecular weight excluding hydrogens is 236 g/mol. The van der Waals surface area contributed by atoms with Gasteiger partial charge in [-0.1, -0.05) is 6.07 Å². The Balaban J connectivity index is 1.92. The summed E-state index contributed by atoms with van der Waals surface area (Å²) in [7, 11) is 1.46. The number of phenols is 1. The summed E-state index contributed by atoms with van der Waals surface area (Å²) in [5.41, 5.74) is 0.740. The predicted octanol–water partition coefficient (Wildman–Crippen LogP) is 1.36. The van der Waals surface area contributed by atoms with Crippen molar-refractivity contribution in [3.63, 3.8) is 0 Å². The van der Waals surface area contributed by atoms with Gasteiger partial charge in [0.05, 0.1) is 13.7 Å². The molecule has 1 aliphatic rings. The van der Waals surface area contributed by atoms with E-state index in [1.807, 2.05) is 0 Å². The first-order valence-electron chi connectivity index (χ1n) is 5.52. The molecule has 0 saturated carbocycles. The highest BCUT2D eigenvalue weighted by molar-refractivity contribution is 5.87. The van der Waals surface area contributed by atoms with Crippen LogP contribution in [0.25, 0.3) is 6.08 Å². The van der Waals surface area contributed by atoms with Gasteiger partial charge in [0.15, 0.2) is 11.5 Å². The van der Waals surface area contributed by atoms with Crippen LogP contribution in [-0.4, -0.2) is 37.5 Å². The Kier molecular flexibility index (Phi) is 3.84. The van der Waals surface area contributed by atoms with Gasteiger partial charge in [0.1, 0.15) is 12.7 Å². The number of rotatable bonds is 5. The molecule has 1 heterocycles. The van der Waals surface area contributed by atoms with E-state index < -0.39 is 5.97 Å². The van der Waals surface area contributed by atoms with Gasteiger partial charge in [0.25, 0.3) is 0 Å². The second-order valence-electron chi connectivity index (χ2n) is 3.85. The molecule has 1 unspecified atom stereocenters. The molecule has 1 aromatic rings. The second kappa shape index (κ2) is 5.55. The maximum Gasteiger partial charge on any atom is 0.330 e. The van der Waals surface area contributed by atoms with Gasteiger partial charge in [-0.05, 0) is 23.8 Å². The summed E-state index contributed by atoms with van der Waals surface area (Å²) in [6.07, 6.45) is 2.99. The second-order valence-corrected chi connectivity index (χ2v) is 3.85. The monoisotopic (exact) mass is 250 g/mol. The Bertz CT molecular complexity index is 462. The molecule has 0 aromatic heterocycles. The Labute approximate surface area is 105 Å². The number of carbonyl (C=O) groups is 1. The summed E-state index contributed by atoms with van der Waals surface area (Å²) in [6.45, 7) is 0.953. The number of esters is 1. The Morgan fingerprint density at radius 3 is 3.06 bits per heavy atom. The number of epoxide rings is 1. The van der Waals surface area contributed by atoms with Crippen molar-refractivity contribution in [2.24, 2.45) is 0 Å². The van der Waals surface area contributed by atoms with E-state index >= 15 is 0 Å². The van der Waals surface area contributed by atoms with E-state index in [1.54, 1.807) is 18.2 Å². The minimum atomic E-state index is -0.419. The first kappa shape index (κ1) is 12.4. The minimum Gasteiger partial charge on any atom is -0.504 e. The number of ether oxygens (including phenoxy) is 3. The van der Waals surface area contributed by atoms with Crippen molar-refractivity contribution in [2.45, 2.75) is 6.10 Å². The molecule has 1 aliphatic heterocycles. The molecule has 5 nitrogen and oxygen atoms in total. The number of benzene rings is 1. The largest absolute Gasteiger partial charge is 0.504 e. The molecule has 5 heteroatoms. The summed E-state index contributed by atoms with van der Waals surface area (Å²) < 4.78 is 14.8. The number of methoxy groups -OCH3 is 1. The average Bonchev–Trinajstić information content (AvgIpc) is 3.19. The standard InChI is InChI=1S/C13H14O5/c1-16-12-6-9(2-4-11(12)14)3-5-13(15)18-8-10-7-17-10/h2-6,10,14H,7-8H2,1H3/b5-3+. The molecule has 18 heavy (non-hydrogen) atoms. The number of hydrogen-bond acceptors (Lipinski definition) is 5. The first-order chi connectivity index (χ1) is 8.69. The quantitative estimate of drug-likeness (QED) is 0.485. The Morgan fingerprint density at radius 1 is 1.61 bits per heavy atom. The maximum atomic E-state index is 11.3. The van der Waals surface area contributed by atoms with Gasteiger partial charge in [0.2, 0.25) is 0 Å². The van der Waals surface area contributed by atoms with Crippen molar-refractivity contribution in [1.29, 1.82) is 0 Å². The fourth-order valence-corrected chi connectivity index (χ4v) is 1.35. The van der Waals surface area contributed by atoms with E-state index in [1.165, 1.54) is 19.3 Å². The number of hydrogen-bond donors (Lipinski definition) is 1. The zero-order valence-corrected chi connectivity index (χ0v) is 9.96. The summed E-state index contributed by atoms with van der Waals surface area (Å²) in [5.74, 6) is -0.00227. The van der Waals surface area contributed by atoms with Crippen LogP contribution in [0.4, 0.5) is 0 Å². The fourth-order valence-electron chi connectivity index (χ4n) is 1.35. The van der Waals surface area contributed by atoms with Gasteiger partial charge in [0, 0.05) is 6.08 Å². The van der Waals surface area contributed by atoms with E-state index in [0.29, 0.717) is 19.0 Å². The van der Waals surface area contributed by atoms with Crippen molar-refractivity contribution in [3.05, 3.63) is 29.8 Å². The lowest BCUT2D eigenvalue weighted by Crippen LogP contribution is -2.06. The van der Waals surface area contributed by atoms with E-state index in [2.05, 4.69) is 0 Å². The Morgan fingerprint density at radius 2 is 2.39 bits per heavy atom. The first-order valence-corrected chi connectivity index (χ1v) is 5.52. The molecule has 1 fully saturated rings. The number of phenolic OH excluding ortho intramolecular Hbond substituents is 1. The lowest BCUT2D eigenvalue weighted by Gasteiger charge is -2.03. The molecule has 96 valence electrons. The highest BCUT2D eigenvalue weighted by Gasteiger charge is 2.23. The van der Waals surface area contributed by atoms with Crippen LogP contribution < -0.4 is 4.74 Å². The molecule has 0 radical (unpaired) electrons. The van der Waals surface area contributed by atoms with Gasteiger partial charge in [-0.3, -0.25) is 0 Å². The minimum absolute atomic E-state index is 0.0584. The van der Waals surface area contributed by atoms with E-state index in [9.17, 15) is 9.90 Å². The van der Waals surface area contributed by atoms with Crippen LogP contribution in [0, 0.1) is 0 Å². The molecule has 1 aromatic carbocycles. The van der Waals surface area contributed by atoms with Crippen molar-refractivity contribution in [2.75, 3.05) is 20.3 Å². The maximum absolute atomic E-state index is 11.3. The average molecular weight is 250 g/mol. The van der Waals surface area contributed by atoms with Crippen LogP contribution in [-0.2, 0) is 14.3 Å². The highest BCUT2D eigenvalue weighted by atomic mass is 16.6. The SMILES string of the molecule is COc1cc(/C=C/C(=O)OCC2CO2)ccc1O. The summed E-state index contributed by atoms with van der Waals surface area (Å²) >= 11 is 0. The van der Waals surface area contributed by atoms with Crippen LogP contribution >= 0.6 is 0 Å². The molecule has 1 saturated heterocycles. The summed E-state index contributed by atoms with van der Waals surface area (Å²) in [5, 5.41) is 9.41.